The highest BCUT2D eigenvalue weighted by Gasteiger charge is 2.29. The molecule has 0 saturated carbocycles. The predicted molar refractivity (Wildman–Crippen MR) is 99.2 cm³/mol. The molecule has 3 rings (SSSR count). The van der Waals surface area contributed by atoms with Crippen molar-refractivity contribution in [2.75, 3.05) is 6.54 Å². The number of nitrogens with one attached hydrogen (secondary N) is 1. The number of ether oxygens (including phenoxy) is 1. The molecule has 136 valence electrons. The summed E-state index contributed by atoms with van der Waals surface area (Å²) in [4.78, 5) is 16.4. The number of hydrogen-bond donors (Lipinski definition) is 1. The molecule has 0 amide bonds. The number of carbonyl (C=O) groups excluding carboxylic acids is 1. The van der Waals surface area contributed by atoms with E-state index in [-0.39, 0.29) is 23.7 Å². The number of nitrogens with zero attached hydrogens (tertiary/aromatic N) is 1. The van der Waals surface area contributed by atoms with Gasteiger partial charge in [-0.15, -0.1) is 0 Å². The van der Waals surface area contributed by atoms with Crippen molar-refractivity contribution in [3.8, 4) is 5.75 Å². The molecule has 8 heteroatoms. The molecule has 0 saturated heterocycles. The molecule has 1 N–H and O–H groups in total. The summed E-state index contributed by atoms with van der Waals surface area (Å²) in [7, 11) is -3.58. The number of sulfonamides is 1. The minimum absolute atomic E-state index is 0.0253. The van der Waals surface area contributed by atoms with Crippen LogP contribution in [-0.2, 0) is 21.2 Å². The van der Waals surface area contributed by atoms with Gasteiger partial charge >= 0.3 is 5.97 Å². The Kier molecular flexibility index (Phi) is 5.29. The number of aliphatic imine (C=N–C) groups is 1. The van der Waals surface area contributed by atoms with E-state index < -0.39 is 16.0 Å². The minimum Gasteiger partial charge on any atom is -0.426 e. The molecule has 1 heterocycles. The zero-order valence-corrected chi connectivity index (χ0v) is 15.6. The second-order valence-electron chi connectivity index (χ2n) is 5.66. The van der Waals surface area contributed by atoms with Crippen LogP contribution in [0.5, 0.6) is 5.75 Å². The largest absolute Gasteiger partial charge is 0.426 e. The lowest BCUT2D eigenvalue weighted by atomic mass is 10.1. The molecular formula is C18H17ClN2O4S. The molecule has 0 fully saturated rings. The first kappa shape index (κ1) is 18.4. The van der Waals surface area contributed by atoms with E-state index in [1.165, 1.54) is 6.07 Å². The number of rotatable bonds is 5. The van der Waals surface area contributed by atoms with E-state index in [2.05, 4.69) is 9.71 Å². The lowest BCUT2D eigenvalue weighted by Crippen LogP contribution is -2.22. The van der Waals surface area contributed by atoms with Gasteiger partial charge in [0.25, 0.3) is 10.0 Å². The standard InChI is InChI=1S/C18H17ClN2O4S/c1-2-12-11-13(7-8-15(12)19)25-17(22)9-10-20-18-14-5-3-4-6-16(14)26(23,24)21-18/h3-8,11H,2,9-10H2,1H3,(H,20,21). The van der Waals surface area contributed by atoms with Crippen molar-refractivity contribution in [2.24, 2.45) is 4.99 Å². The monoisotopic (exact) mass is 392 g/mol. The summed E-state index contributed by atoms with van der Waals surface area (Å²) in [6.45, 7) is 2.07. The van der Waals surface area contributed by atoms with Crippen molar-refractivity contribution >= 4 is 33.4 Å². The number of hydrogen-bond acceptors (Lipinski definition) is 5. The molecule has 0 aromatic heterocycles. The summed E-state index contributed by atoms with van der Waals surface area (Å²) in [5.74, 6) is 0.219. The van der Waals surface area contributed by atoms with Gasteiger partial charge in [0, 0.05) is 10.6 Å². The van der Waals surface area contributed by atoms with Gasteiger partial charge in [0.15, 0.2) is 0 Å². The zero-order chi connectivity index (χ0) is 18.7. The third-order valence-corrected chi connectivity index (χ3v) is 5.64. The average Bonchev–Trinajstić information content (AvgIpc) is 2.88. The van der Waals surface area contributed by atoms with Gasteiger partial charge in [-0.2, -0.15) is 0 Å². The molecule has 0 spiro atoms. The molecule has 2 aromatic carbocycles. The predicted octanol–water partition coefficient (Wildman–Crippen LogP) is 2.94. The van der Waals surface area contributed by atoms with Crippen LogP contribution in [-0.4, -0.2) is 26.8 Å². The van der Waals surface area contributed by atoms with Gasteiger partial charge in [0.2, 0.25) is 0 Å². The van der Waals surface area contributed by atoms with E-state index in [0.717, 1.165) is 12.0 Å². The molecule has 6 nitrogen and oxygen atoms in total. The molecule has 26 heavy (non-hydrogen) atoms. The summed E-state index contributed by atoms with van der Waals surface area (Å²) in [5.41, 5.74) is 1.40. The number of amidine groups is 1. The van der Waals surface area contributed by atoms with E-state index in [1.54, 1.807) is 36.4 Å². The fraction of sp³-hybridized carbons (Fsp3) is 0.222. The van der Waals surface area contributed by atoms with Crippen molar-refractivity contribution in [3.63, 3.8) is 0 Å². The maximum Gasteiger partial charge on any atom is 0.313 e. The van der Waals surface area contributed by atoms with Gasteiger partial charge in [-0.1, -0.05) is 30.7 Å². The third kappa shape index (κ3) is 3.89. The maximum absolute atomic E-state index is 12.0. The quantitative estimate of drug-likeness (QED) is 0.626. The van der Waals surface area contributed by atoms with Crippen molar-refractivity contribution in [1.82, 2.24) is 4.72 Å². The Bertz CT molecular complexity index is 986. The fourth-order valence-electron chi connectivity index (χ4n) is 2.58. The Morgan fingerprint density at radius 3 is 2.77 bits per heavy atom. The van der Waals surface area contributed by atoms with E-state index in [9.17, 15) is 13.2 Å². The van der Waals surface area contributed by atoms with Crippen molar-refractivity contribution in [2.45, 2.75) is 24.7 Å². The van der Waals surface area contributed by atoms with E-state index >= 15 is 0 Å². The average molecular weight is 393 g/mol. The van der Waals surface area contributed by atoms with Gasteiger partial charge in [-0.3, -0.25) is 14.5 Å². The zero-order valence-electron chi connectivity index (χ0n) is 14.0. The molecule has 2 aromatic rings. The lowest BCUT2D eigenvalue weighted by molar-refractivity contribution is -0.134. The highest BCUT2D eigenvalue weighted by atomic mass is 35.5. The number of carbonyl (C=O) groups is 1. The number of benzene rings is 2. The second-order valence-corrected chi connectivity index (χ2v) is 7.72. The summed E-state index contributed by atoms with van der Waals surface area (Å²) in [5, 5.41) is 0.630. The Morgan fingerprint density at radius 1 is 1.23 bits per heavy atom. The van der Waals surface area contributed by atoms with Crippen LogP contribution in [0.1, 0.15) is 24.5 Å². The van der Waals surface area contributed by atoms with E-state index in [0.29, 0.717) is 16.3 Å². The van der Waals surface area contributed by atoms with E-state index in [4.69, 9.17) is 16.3 Å². The van der Waals surface area contributed by atoms with Crippen LogP contribution < -0.4 is 9.46 Å². The first-order valence-electron chi connectivity index (χ1n) is 8.06. The number of aryl methyl sites for hydroxylation is 1. The van der Waals surface area contributed by atoms with Gasteiger partial charge in [-0.25, -0.2) is 8.42 Å². The van der Waals surface area contributed by atoms with Gasteiger partial charge in [0.1, 0.15) is 11.6 Å². The van der Waals surface area contributed by atoms with Crippen LogP contribution in [0.4, 0.5) is 0 Å². The summed E-state index contributed by atoms with van der Waals surface area (Å²) < 4.78 is 31.7. The second kappa shape index (κ2) is 7.47. The molecule has 1 aliphatic rings. The molecule has 0 atom stereocenters. The molecule has 0 bridgehead atoms. The Hall–Kier alpha value is -2.38. The summed E-state index contributed by atoms with van der Waals surface area (Å²) >= 11 is 6.04. The first-order valence-corrected chi connectivity index (χ1v) is 9.92. The van der Waals surface area contributed by atoms with Crippen LogP contribution in [0.3, 0.4) is 0 Å². The van der Waals surface area contributed by atoms with Crippen LogP contribution in [0.25, 0.3) is 0 Å². The number of fused-ring (bicyclic) bond motifs is 1. The van der Waals surface area contributed by atoms with Crippen LogP contribution in [0.15, 0.2) is 52.4 Å². The first-order chi connectivity index (χ1) is 12.4. The SMILES string of the molecule is CCc1cc(OC(=O)CCN=C2NS(=O)(=O)c3ccccc32)ccc1Cl. The van der Waals surface area contributed by atoms with Crippen molar-refractivity contribution in [3.05, 3.63) is 58.6 Å². The smallest absolute Gasteiger partial charge is 0.313 e. The molecule has 1 aliphatic heterocycles. The minimum atomic E-state index is -3.58. The lowest BCUT2D eigenvalue weighted by Gasteiger charge is -2.06. The third-order valence-electron chi connectivity index (χ3n) is 3.88. The van der Waals surface area contributed by atoms with Crippen LogP contribution >= 0.6 is 11.6 Å². The topological polar surface area (TPSA) is 84.8 Å². The molecule has 0 radical (unpaired) electrons. The summed E-state index contributed by atoms with van der Waals surface area (Å²) in [6, 6.07) is 11.6. The van der Waals surface area contributed by atoms with Gasteiger partial charge in [-0.05, 0) is 42.3 Å². The van der Waals surface area contributed by atoms with Crippen LogP contribution in [0, 0.1) is 0 Å². The van der Waals surface area contributed by atoms with Crippen molar-refractivity contribution in [1.29, 1.82) is 0 Å². The van der Waals surface area contributed by atoms with E-state index in [1.807, 2.05) is 6.92 Å². The molecular weight excluding hydrogens is 376 g/mol. The van der Waals surface area contributed by atoms with Gasteiger partial charge < -0.3 is 4.74 Å². The van der Waals surface area contributed by atoms with Gasteiger partial charge in [0.05, 0.1) is 17.9 Å². The maximum atomic E-state index is 12.0. The van der Waals surface area contributed by atoms with Crippen LogP contribution in [0.2, 0.25) is 5.02 Å². The molecule has 0 aliphatic carbocycles. The Balaban J connectivity index is 1.63. The fourth-order valence-corrected chi connectivity index (χ4v) is 4.08. The summed E-state index contributed by atoms with van der Waals surface area (Å²) in [6.07, 6.45) is 0.759. The van der Waals surface area contributed by atoms with Crippen molar-refractivity contribution < 1.29 is 17.9 Å². The normalized spacial score (nSPS) is 16.2. The Labute approximate surface area is 156 Å². The highest BCUT2D eigenvalue weighted by Crippen LogP contribution is 2.23. The number of halogens is 1. The molecule has 0 unspecified atom stereocenters. The highest BCUT2D eigenvalue weighted by molar-refractivity contribution is 7.90. The Morgan fingerprint density at radius 2 is 2.00 bits per heavy atom. The number of esters is 1.